The van der Waals surface area contributed by atoms with Gasteiger partial charge in [-0.05, 0) is 48.6 Å². The number of nitrogen functional groups attached to an aromatic ring is 1. The number of H-pyrrole nitrogens is 1. The van der Waals surface area contributed by atoms with Crippen LogP contribution < -0.4 is 5.73 Å². The molecular weight excluding hydrogens is 333 g/mol. The van der Waals surface area contributed by atoms with Gasteiger partial charge in [-0.2, -0.15) is 5.10 Å². The van der Waals surface area contributed by atoms with E-state index >= 15 is 0 Å². The summed E-state index contributed by atoms with van der Waals surface area (Å²) >= 11 is 6.75. The minimum Gasteiger partial charge on any atom is -0.397 e. The zero-order chi connectivity index (χ0) is 16.0. The van der Waals surface area contributed by atoms with Gasteiger partial charge in [0.05, 0.1) is 16.3 Å². The van der Waals surface area contributed by atoms with Crippen molar-refractivity contribution < 1.29 is 4.39 Å². The third-order valence-corrected chi connectivity index (χ3v) is 4.86. The van der Waals surface area contributed by atoms with Gasteiger partial charge in [0.2, 0.25) is 0 Å². The molecule has 0 spiro atoms. The number of hydrogen-bond acceptors (Lipinski definition) is 5. The number of aromatic nitrogens is 4. The van der Waals surface area contributed by atoms with Crippen LogP contribution in [0, 0.1) is 10.6 Å². The number of hydrogen-bond donors (Lipinski definition) is 2. The van der Waals surface area contributed by atoms with Crippen molar-refractivity contribution in [1.82, 2.24) is 19.7 Å². The molecule has 0 aliphatic rings. The maximum atomic E-state index is 13.2. The smallest absolute Gasteiger partial charge is 0.200 e. The van der Waals surface area contributed by atoms with Crippen molar-refractivity contribution in [2.45, 2.75) is 0 Å². The van der Waals surface area contributed by atoms with E-state index < -0.39 is 0 Å². The summed E-state index contributed by atoms with van der Waals surface area (Å²) in [5.41, 5.74) is 7.58. The van der Waals surface area contributed by atoms with Gasteiger partial charge >= 0.3 is 0 Å². The lowest BCUT2D eigenvalue weighted by Crippen LogP contribution is -1.98. The van der Waals surface area contributed by atoms with Gasteiger partial charge < -0.3 is 5.73 Å². The quantitative estimate of drug-likeness (QED) is 0.541. The van der Waals surface area contributed by atoms with E-state index in [1.807, 2.05) is 12.1 Å². The normalized spacial score (nSPS) is 11.2. The molecule has 0 saturated heterocycles. The van der Waals surface area contributed by atoms with Crippen molar-refractivity contribution in [3.8, 4) is 16.4 Å². The molecule has 8 heteroatoms. The molecule has 4 rings (SSSR count). The van der Waals surface area contributed by atoms with Gasteiger partial charge in [-0.1, -0.05) is 0 Å². The Labute approximate surface area is 139 Å². The third-order valence-electron chi connectivity index (χ3n) is 3.46. The molecule has 4 aromatic rings. The van der Waals surface area contributed by atoms with Crippen molar-refractivity contribution >= 4 is 39.5 Å². The Bertz CT molecular complexity index is 1060. The van der Waals surface area contributed by atoms with E-state index in [9.17, 15) is 4.39 Å². The number of aromatic amines is 1. The van der Waals surface area contributed by atoms with Gasteiger partial charge in [0.1, 0.15) is 10.6 Å². The summed E-state index contributed by atoms with van der Waals surface area (Å²) in [5.74, 6) is 0.276. The first-order chi connectivity index (χ1) is 11.1. The molecular formula is C15H10FN5S2. The predicted octanol–water partition coefficient (Wildman–Crippen LogP) is 3.93. The molecule has 0 unspecified atom stereocenters. The van der Waals surface area contributed by atoms with Crippen molar-refractivity contribution in [2.75, 3.05) is 5.73 Å². The molecule has 0 bridgehead atoms. The molecule has 0 saturated carbocycles. The molecule has 0 radical (unpaired) electrons. The highest BCUT2D eigenvalue weighted by Gasteiger charge is 2.18. The molecule has 0 aliphatic heterocycles. The largest absolute Gasteiger partial charge is 0.397 e. The lowest BCUT2D eigenvalue weighted by atomic mass is 10.2. The SMILES string of the molecule is Nc1c(-c2n[nH]c(=S)n2-c2ccc(F)cc2)sc2ncccc12. The number of pyridine rings is 1. The Morgan fingerprint density at radius 2 is 2.00 bits per heavy atom. The van der Waals surface area contributed by atoms with E-state index in [0.717, 1.165) is 15.1 Å². The lowest BCUT2D eigenvalue weighted by molar-refractivity contribution is 0.627. The zero-order valence-corrected chi connectivity index (χ0v) is 13.3. The highest BCUT2D eigenvalue weighted by Crippen LogP contribution is 2.39. The fraction of sp³-hybridized carbons (Fsp3) is 0. The van der Waals surface area contributed by atoms with Crippen LogP contribution in [0.15, 0.2) is 42.6 Å². The number of rotatable bonds is 2. The second kappa shape index (κ2) is 5.25. The Morgan fingerprint density at radius 1 is 1.22 bits per heavy atom. The monoisotopic (exact) mass is 343 g/mol. The summed E-state index contributed by atoms with van der Waals surface area (Å²) in [7, 11) is 0. The van der Waals surface area contributed by atoms with E-state index in [-0.39, 0.29) is 5.82 Å². The molecule has 3 aromatic heterocycles. The molecule has 3 heterocycles. The van der Waals surface area contributed by atoms with Crippen LogP contribution >= 0.6 is 23.6 Å². The molecule has 114 valence electrons. The van der Waals surface area contributed by atoms with Crippen molar-refractivity contribution in [3.63, 3.8) is 0 Å². The number of nitrogens with one attached hydrogen (secondary N) is 1. The number of nitrogens with zero attached hydrogens (tertiary/aromatic N) is 3. The first-order valence-corrected chi connectivity index (χ1v) is 7.94. The number of thiophene rings is 1. The Kier molecular flexibility index (Phi) is 3.21. The van der Waals surface area contributed by atoms with Crippen molar-refractivity contribution in [3.05, 3.63) is 53.2 Å². The van der Waals surface area contributed by atoms with E-state index in [1.165, 1.54) is 23.5 Å². The summed E-state index contributed by atoms with van der Waals surface area (Å²) in [6.07, 6.45) is 1.72. The van der Waals surface area contributed by atoms with Crippen LogP contribution in [-0.2, 0) is 0 Å². The Hall–Kier alpha value is -2.58. The Balaban J connectivity index is 1.98. The molecule has 23 heavy (non-hydrogen) atoms. The molecule has 0 fully saturated rings. The fourth-order valence-electron chi connectivity index (χ4n) is 2.40. The van der Waals surface area contributed by atoms with Gasteiger partial charge in [-0.15, -0.1) is 11.3 Å². The third kappa shape index (κ3) is 2.23. The minimum atomic E-state index is -0.309. The summed E-state index contributed by atoms with van der Waals surface area (Å²) in [5, 5.41) is 7.95. The van der Waals surface area contributed by atoms with Crippen molar-refractivity contribution in [1.29, 1.82) is 0 Å². The number of nitrogens with two attached hydrogens (primary N) is 1. The van der Waals surface area contributed by atoms with Crippen LogP contribution in [-0.4, -0.2) is 19.7 Å². The highest BCUT2D eigenvalue weighted by atomic mass is 32.1. The molecule has 1 aromatic carbocycles. The molecule has 0 aliphatic carbocycles. The summed E-state index contributed by atoms with van der Waals surface area (Å²) in [4.78, 5) is 5.93. The average molecular weight is 343 g/mol. The maximum absolute atomic E-state index is 13.2. The zero-order valence-electron chi connectivity index (χ0n) is 11.7. The van der Waals surface area contributed by atoms with Crippen LogP contribution in [0.1, 0.15) is 0 Å². The number of halogens is 1. The van der Waals surface area contributed by atoms with Gasteiger partial charge in [-0.3, -0.25) is 9.67 Å². The first kappa shape index (κ1) is 14.0. The van der Waals surface area contributed by atoms with E-state index in [0.29, 0.717) is 22.0 Å². The number of benzene rings is 1. The van der Waals surface area contributed by atoms with E-state index in [4.69, 9.17) is 18.0 Å². The lowest BCUT2D eigenvalue weighted by Gasteiger charge is -2.06. The maximum Gasteiger partial charge on any atom is 0.200 e. The fourth-order valence-corrected chi connectivity index (χ4v) is 3.68. The number of fused-ring (bicyclic) bond motifs is 1. The van der Waals surface area contributed by atoms with Gasteiger partial charge in [0.15, 0.2) is 10.6 Å². The number of anilines is 1. The molecule has 5 nitrogen and oxygen atoms in total. The van der Waals surface area contributed by atoms with Crippen molar-refractivity contribution in [2.24, 2.45) is 0 Å². The molecule has 0 atom stereocenters. The van der Waals surface area contributed by atoms with Crippen LogP contribution in [0.25, 0.3) is 26.6 Å². The van der Waals surface area contributed by atoms with Crippen LogP contribution in [0.2, 0.25) is 0 Å². The second-order valence-corrected chi connectivity index (χ2v) is 6.25. The van der Waals surface area contributed by atoms with Gasteiger partial charge in [0, 0.05) is 11.6 Å². The topological polar surface area (TPSA) is 72.5 Å². The standard InChI is InChI=1S/C15H10FN5S2/c16-8-3-5-9(6-4-8)21-13(19-20-15(21)22)12-11(17)10-2-1-7-18-14(10)23-12/h1-7H,17H2,(H,20,22). The summed E-state index contributed by atoms with van der Waals surface area (Å²) < 4.78 is 15.3. The van der Waals surface area contributed by atoms with E-state index in [2.05, 4.69) is 15.2 Å². The first-order valence-electron chi connectivity index (χ1n) is 6.72. The highest BCUT2D eigenvalue weighted by molar-refractivity contribution is 7.71. The predicted molar refractivity (Wildman–Crippen MR) is 91.7 cm³/mol. The minimum absolute atomic E-state index is 0.309. The van der Waals surface area contributed by atoms with Crippen LogP contribution in [0.4, 0.5) is 10.1 Å². The van der Waals surface area contributed by atoms with Gasteiger partial charge in [-0.25, -0.2) is 9.37 Å². The summed E-state index contributed by atoms with van der Waals surface area (Å²) in [6, 6.07) is 9.80. The van der Waals surface area contributed by atoms with Gasteiger partial charge in [0.25, 0.3) is 0 Å². The summed E-state index contributed by atoms with van der Waals surface area (Å²) in [6.45, 7) is 0. The second-order valence-electron chi connectivity index (χ2n) is 4.87. The molecule has 3 N–H and O–H groups in total. The van der Waals surface area contributed by atoms with Crippen LogP contribution in [0.5, 0.6) is 0 Å². The molecule has 0 amide bonds. The van der Waals surface area contributed by atoms with Crippen LogP contribution in [0.3, 0.4) is 0 Å². The Morgan fingerprint density at radius 3 is 2.74 bits per heavy atom. The average Bonchev–Trinajstić information content (AvgIpc) is 3.09. The van der Waals surface area contributed by atoms with E-state index in [1.54, 1.807) is 22.9 Å².